The normalized spacial score (nSPS) is 32.2. The zero-order chi connectivity index (χ0) is 23.3. The number of hydrogen-bond acceptors (Lipinski definition) is 5. The molecule has 4 saturated carbocycles. The number of nitrogens with one attached hydrogen (secondary N) is 3. The van der Waals surface area contributed by atoms with Crippen molar-refractivity contribution in [3.63, 3.8) is 0 Å². The fourth-order valence-electron chi connectivity index (χ4n) is 7.54. The largest absolute Gasteiger partial charge is 0.464 e. The Morgan fingerprint density at radius 2 is 1.82 bits per heavy atom. The van der Waals surface area contributed by atoms with Gasteiger partial charge < -0.3 is 15.1 Å². The molecule has 5 fully saturated rings. The first-order valence-corrected chi connectivity index (χ1v) is 12.9. The number of hydrogen-bond donors (Lipinski definition) is 3. The summed E-state index contributed by atoms with van der Waals surface area (Å²) in [5, 5.41) is 10.1. The number of piperidine rings is 1. The van der Waals surface area contributed by atoms with Crippen molar-refractivity contribution in [3.05, 3.63) is 30.0 Å². The maximum Gasteiger partial charge on any atom is 0.234 e. The van der Waals surface area contributed by atoms with Gasteiger partial charge in [-0.05, 0) is 93.9 Å². The van der Waals surface area contributed by atoms with Crippen LogP contribution in [-0.2, 0) is 14.4 Å². The first-order valence-electron chi connectivity index (χ1n) is 12.9. The van der Waals surface area contributed by atoms with Gasteiger partial charge in [-0.1, -0.05) is 0 Å². The highest BCUT2D eigenvalue weighted by atomic mass is 16.3. The third-order valence-electron chi connectivity index (χ3n) is 8.62. The van der Waals surface area contributed by atoms with Crippen LogP contribution < -0.4 is 16.0 Å². The molecule has 7 nitrogen and oxygen atoms in total. The SMILES string of the molecule is O=C1CCC(c2coc3ccc(NC(=O)CCCNC45CC6CC(CC(C6)C4)C5)cc23)C(=O)N1. The maximum atomic E-state index is 12.6. The summed E-state index contributed by atoms with van der Waals surface area (Å²) in [5.74, 6) is 1.82. The third-order valence-corrected chi connectivity index (χ3v) is 8.62. The van der Waals surface area contributed by atoms with Crippen molar-refractivity contribution in [3.8, 4) is 0 Å². The van der Waals surface area contributed by atoms with Crippen LogP contribution in [0.5, 0.6) is 0 Å². The fourth-order valence-corrected chi connectivity index (χ4v) is 7.54. The number of furan rings is 1. The number of benzene rings is 1. The van der Waals surface area contributed by atoms with E-state index in [-0.39, 0.29) is 17.7 Å². The lowest BCUT2D eigenvalue weighted by Gasteiger charge is -2.57. The van der Waals surface area contributed by atoms with Crippen LogP contribution in [0.1, 0.15) is 75.7 Å². The van der Waals surface area contributed by atoms with Gasteiger partial charge in [-0.15, -0.1) is 0 Å². The Hall–Kier alpha value is -2.67. The molecule has 7 rings (SSSR count). The van der Waals surface area contributed by atoms with Gasteiger partial charge in [0.2, 0.25) is 17.7 Å². The molecule has 2 aromatic rings. The minimum atomic E-state index is -0.416. The number of fused-ring (bicyclic) bond motifs is 1. The van der Waals surface area contributed by atoms with E-state index in [9.17, 15) is 14.4 Å². The molecule has 0 radical (unpaired) electrons. The Labute approximate surface area is 199 Å². The smallest absolute Gasteiger partial charge is 0.234 e. The maximum absolute atomic E-state index is 12.6. The van der Waals surface area contributed by atoms with Crippen LogP contribution in [0, 0.1) is 17.8 Å². The lowest BCUT2D eigenvalue weighted by atomic mass is 9.53. The summed E-state index contributed by atoms with van der Waals surface area (Å²) in [6.45, 7) is 0.889. The van der Waals surface area contributed by atoms with Crippen molar-refractivity contribution >= 4 is 34.4 Å². The Morgan fingerprint density at radius 3 is 2.53 bits per heavy atom. The molecule has 3 N–H and O–H groups in total. The van der Waals surface area contributed by atoms with Gasteiger partial charge in [0, 0.05) is 35.0 Å². The lowest BCUT2D eigenvalue weighted by Crippen LogP contribution is -2.58. The summed E-state index contributed by atoms with van der Waals surface area (Å²) in [6, 6.07) is 5.50. The van der Waals surface area contributed by atoms with E-state index in [1.54, 1.807) is 6.26 Å². The van der Waals surface area contributed by atoms with E-state index in [0.717, 1.165) is 41.7 Å². The Balaban J connectivity index is 1.04. The van der Waals surface area contributed by atoms with Crippen LogP contribution in [0.3, 0.4) is 0 Å². The molecule has 180 valence electrons. The molecular formula is C27H33N3O4. The molecule has 4 bridgehead atoms. The van der Waals surface area contributed by atoms with Gasteiger partial charge in [-0.2, -0.15) is 0 Å². The average Bonchev–Trinajstić information content (AvgIpc) is 3.19. The molecule has 7 heteroatoms. The molecule has 0 spiro atoms. The zero-order valence-electron chi connectivity index (χ0n) is 19.5. The van der Waals surface area contributed by atoms with Gasteiger partial charge in [0.1, 0.15) is 5.58 Å². The molecule has 1 aromatic heterocycles. The topological polar surface area (TPSA) is 100 Å². The lowest BCUT2D eigenvalue weighted by molar-refractivity contribution is -0.134. The van der Waals surface area contributed by atoms with Crippen LogP contribution in [0.2, 0.25) is 0 Å². The van der Waals surface area contributed by atoms with E-state index < -0.39 is 5.92 Å². The second kappa shape index (κ2) is 8.52. The van der Waals surface area contributed by atoms with Gasteiger partial charge in [-0.3, -0.25) is 19.7 Å². The van der Waals surface area contributed by atoms with E-state index in [4.69, 9.17) is 4.42 Å². The summed E-state index contributed by atoms with van der Waals surface area (Å²) in [7, 11) is 0. The average molecular weight is 464 g/mol. The standard InChI is InChI=1S/C27H33N3O4/c31-24(2-1-7-28-27-12-16-8-17(13-27)10-18(9-16)14-27)29-19-3-5-23-21(11-19)22(15-34-23)20-4-6-25(32)30-26(20)33/h3,5,11,15-18,20,28H,1-2,4,6-10,12-14H2,(H,29,31)(H,30,32,33). The van der Waals surface area contributed by atoms with Gasteiger partial charge >= 0.3 is 0 Å². The quantitative estimate of drug-likeness (QED) is 0.421. The highest BCUT2D eigenvalue weighted by Crippen LogP contribution is 2.55. The zero-order valence-corrected chi connectivity index (χ0v) is 19.5. The number of carbonyl (C=O) groups is 3. The molecule has 4 aliphatic carbocycles. The summed E-state index contributed by atoms with van der Waals surface area (Å²) >= 11 is 0. The van der Waals surface area contributed by atoms with E-state index >= 15 is 0 Å². The second-order valence-electron chi connectivity index (χ2n) is 11.2. The molecule has 1 unspecified atom stereocenters. The summed E-state index contributed by atoms with van der Waals surface area (Å²) in [6.07, 6.45) is 12.0. The summed E-state index contributed by atoms with van der Waals surface area (Å²) < 4.78 is 5.63. The molecular weight excluding hydrogens is 430 g/mol. The fraction of sp³-hybridized carbons (Fsp3) is 0.593. The first-order chi connectivity index (χ1) is 16.5. The van der Waals surface area contributed by atoms with Crippen LogP contribution >= 0.6 is 0 Å². The molecule has 5 aliphatic rings. The molecule has 3 amide bonds. The van der Waals surface area contributed by atoms with Crippen LogP contribution in [0.25, 0.3) is 11.0 Å². The third kappa shape index (κ3) is 4.15. The predicted octanol–water partition coefficient (Wildman–Crippen LogP) is 4.23. The molecule has 2 heterocycles. The van der Waals surface area contributed by atoms with E-state index in [0.29, 0.717) is 36.1 Å². The minimum absolute atomic E-state index is 0.00212. The number of rotatable bonds is 7. The van der Waals surface area contributed by atoms with Crippen LogP contribution in [0.4, 0.5) is 5.69 Å². The summed E-state index contributed by atoms with van der Waals surface area (Å²) in [4.78, 5) is 36.4. The number of amides is 3. The Bertz CT molecular complexity index is 1100. The summed E-state index contributed by atoms with van der Waals surface area (Å²) in [5.41, 5.74) is 2.46. The minimum Gasteiger partial charge on any atom is -0.464 e. The highest BCUT2D eigenvalue weighted by Gasteiger charge is 2.50. The van der Waals surface area contributed by atoms with Crippen molar-refractivity contribution in [2.75, 3.05) is 11.9 Å². The number of imide groups is 1. The first kappa shape index (κ1) is 21.8. The number of carbonyl (C=O) groups excluding carboxylic acids is 3. The Morgan fingerprint density at radius 1 is 1.09 bits per heavy atom. The van der Waals surface area contributed by atoms with Gasteiger partial charge in [0.25, 0.3) is 0 Å². The van der Waals surface area contributed by atoms with Crippen molar-refractivity contribution in [2.45, 2.75) is 75.7 Å². The van der Waals surface area contributed by atoms with Crippen LogP contribution in [-0.4, -0.2) is 29.8 Å². The predicted molar refractivity (Wildman–Crippen MR) is 128 cm³/mol. The van der Waals surface area contributed by atoms with Crippen molar-refractivity contribution in [1.82, 2.24) is 10.6 Å². The van der Waals surface area contributed by atoms with Crippen molar-refractivity contribution in [2.24, 2.45) is 17.8 Å². The van der Waals surface area contributed by atoms with Gasteiger partial charge in [-0.25, -0.2) is 0 Å². The van der Waals surface area contributed by atoms with Crippen molar-refractivity contribution in [1.29, 1.82) is 0 Å². The molecule has 1 atom stereocenters. The monoisotopic (exact) mass is 463 g/mol. The highest BCUT2D eigenvalue weighted by molar-refractivity contribution is 6.03. The van der Waals surface area contributed by atoms with E-state index in [1.807, 2.05) is 18.2 Å². The Kier molecular flexibility index (Phi) is 5.47. The molecule has 1 saturated heterocycles. The van der Waals surface area contributed by atoms with Gasteiger partial charge in [0.15, 0.2) is 0 Å². The molecule has 1 aromatic carbocycles. The van der Waals surface area contributed by atoms with Crippen LogP contribution in [0.15, 0.2) is 28.9 Å². The second-order valence-corrected chi connectivity index (χ2v) is 11.2. The van der Waals surface area contributed by atoms with E-state index in [1.165, 1.54) is 38.5 Å². The molecule has 1 aliphatic heterocycles. The number of anilines is 1. The van der Waals surface area contributed by atoms with E-state index in [2.05, 4.69) is 16.0 Å². The molecule has 34 heavy (non-hydrogen) atoms. The van der Waals surface area contributed by atoms with Gasteiger partial charge in [0.05, 0.1) is 12.2 Å². The van der Waals surface area contributed by atoms with Crippen molar-refractivity contribution < 1.29 is 18.8 Å².